The maximum atomic E-state index is 12.8. The number of carbonyl (C=O) groups is 1. The van der Waals surface area contributed by atoms with Gasteiger partial charge in [-0.25, -0.2) is 8.42 Å². The van der Waals surface area contributed by atoms with Gasteiger partial charge in [-0.3, -0.25) is 4.79 Å². The maximum Gasteiger partial charge on any atom is 0.263 e. The molecule has 28 heavy (non-hydrogen) atoms. The van der Waals surface area contributed by atoms with Gasteiger partial charge in [0.1, 0.15) is 5.75 Å². The number of rotatable bonds is 6. The number of hydrogen-bond donors (Lipinski definition) is 0. The van der Waals surface area contributed by atoms with E-state index >= 15 is 0 Å². The molecule has 6 nitrogen and oxygen atoms in total. The Morgan fingerprint density at radius 3 is 2.36 bits per heavy atom. The fourth-order valence-corrected chi connectivity index (χ4v) is 4.73. The van der Waals surface area contributed by atoms with Crippen LogP contribution in [0.15, 0.2) is 59.5 Å². The Balaban J connectivity index is 1.62. The van der Waals surface area contributed by atoms with E-state index in [4.69, 9.17) is 16.3 Å². The minimum absolute atomic E-state index is 0.140. The van der Waals surface area contributed by atoms with Crippen molar-refractivity contribution >= 4 is 27.5 Å². The Bertz CT molecular complexity index is 913. The van der Waals surface area contributed by atoms with Crippen LogP contribution in [0.5, 0.6) is 5.75 Å². The molecule has 2 aromatic rings. The van der Waals surface area contributed by atoms with E-state index in [-0.39, 0.29) is 23.9 Å². The van der Waals surface area contributed by atoms with Crippen molar-refractivity contribution in [2.45, 2.75) is 24.3 Å². The van der Waals surface area contributed by atoms with Gasteiger partial charge in [0, 0.05) is 31.2 Å². The van der Waals surface area contributed by atoms with Crippen LogP contribution in [0, 0.1) is 0 Å². The molecule has 0 bridgehead atoms. The topological polar surface area (TPSA) is 66.9 Å². The summed E-state index contributed by atoms with van der Waals surface area (Å²) in [5.74, 6) is 0.400. The van der Waals surface area contributed by atoms with Gasteiger partial charge >= 0.3 is 0 Å². The predicted molar refractivity (Wildman–Crippen MR) is 108 cm³/mol. The third kappa shape index (κ3) is 4.66. The van der Waals surface area contributed by atoms with Gasteiger partial charge in [0.2, 0.25) is 10.0 Å². The first-order chi connectivity index (χ1) is 13.4. The molecule has 150 valence electrons. The summed E-state index contributed by atoms with van der Waals surface area (Å²) in [6.07, 6.45) is -0.121. The Morgan fingerprint density at radius 1 is 1.07 bits per heavy atom. The first kappa shape index (κ1) is 20.6. The van der Waals surface area contributed by atoms with Gasteiger partial charge in [0.15, 0.2) is 6.10 Å². The van der Waals surface area contributed by atoms with Gasteiger partial charge in [0.05, 0.1) is 4.90 Å². The Morgan fingerprint density at radius 2 is 1.75 bits per heavy atom. The van der Waals surface area contributed by atoms with Gasteiger partial charge in [-0.15, -0.1) is 0 Å². The van der Waals surface area contributed by atoms with E-state index in [1.165, 1.54) is 4.31 Å². The van der Waals surface area contributed by atoms with Gasteiger partial charge in [-0.05, 0) is 36.8 Å². The fraction of sp³-hybridized carbons (Fsp3) is 0.350. The fourth-order valence-electron chi connectivity index (χ4n) is 3.11. The molecule has 3 rings (SSSR count). The molecule has 1 aliphatic heterocycles. The van der Waals surface area contributed by atoms with Gasteiger partial charge in [0.25, 0.3) is 5.91 Å². The second-order valence-corrected chi connectivity index (χ2v) is 8.89. The summed E-state index contributed by atoms with van der Waals surface area (Å²) in [4.78, 5) is 14.8. The Kier molecular flexibility index (Phi) is 6.59. The van der Waals surface area contributed by atoms with Crippen LogP contribution in [-0.2, 0) is 14.8 Å². The van der Waals surface area contributed by atoms with Crippen molar-refractivity contribution in [3.05, 3.63) is 59.6 Å². The van der Waals surface area contributed by atoms with Crippen molar-refractivity contribution in [2.75, 3.05) is 26.2 Å². The smallest absolute Gasteiger partial charge is 0.263 e. The first-order valence-electron chi connectivity index (χ1n) is 9.18. The van der Waals surface area contributed by atoms with E-state index in [9.17, 15) is 13.2 Å². The van der Waals surface area contributed by atoms with Crippen LogP contribution in [-0.4, -0.2) is 55.8 Å². The molecule has 1 atom stereocenters. The number of carbonyl (C=O) groups excluding carboxylic acids is 1. The van der Waals surface area contributed by atoms with Crippen LogP contribution >= 0.6 is 11.6 Å². The molecule has 1 aliphatic rings. The second kappa shape index (κ2) is 8.94. The average molecular weight is 423 g/mol. The van der Waals surface area contributed by atoms with Crippen molar-refractivity contribution in [1.82, 2.24) is 9.21 Å². The van der Waals surface area contributed by atoms with Crippen molar-refractivity contribution < 1.29 is 17.9 Å². The van der Waals surface area contributed by atoms with Crippen molar-refractivity contribution in [2.24, 2.45) is 0 Å². The van der Waals surface area contributed by atoms with E-state index in [0.29, 0.717) is 30.3 Å². The lowest BCUT2D eigenvalue weighted by molar-refractivity contribution is -0.140. The molecule has 8 heteroatoms. The number of amides is 1. The molecular weight excluding hydrogens is 400 g/mol. The molecule has 0 aliphatic carbocycles. The van der Waals surface area contributed by atoms with E-state index in [2.05, 4.69) is 0 Å². The number of piperazine rings is 1. The average Bonchev–Trinajstić information content (AvgIpc) is 2.72. The van der Waals surface area contributed by atoms with E-state index in [1.807, 2.05) is 6.92 Å². The highest BCUT2D eigenvalue weighted by atomic mass is 35.5. The van der Waals surface area contributed by atoms with E-state index in [0.717, 1.165) is 0 Å². The minimum atomic E-state index is -3.54. The van der Waals surface area contributed by atoms with Crippen LogP contribution in [0.3, 0.4) is 0 Å². The van der Waals surface area contributed by atoms with Crippen LogP contribution in [0.4, 0.5) is 0 Å². The lowest BCUT2D eigenvalue weighted by atomic mass is 10.2. The summed E-state index contributed by atoms with van der Waals surface area (Å²) in [6.45, 7) is 3.07. The zero-order chi connectivity index (χ0) is 20.1. The lowest BCUT2D eigenvalue weighted by Crippen LogP contribution is -2.53. The van der Waals surface area contributed by atoms with Crippen molar-refractivity contribution in [1.29, 1.82) is 0 Å². The maximum absolute atomic E-state index is 12.8. The van der Waals surface area contributed by atoms with Crippen LogP contribution in [0.2, 0.25) is 5.02 Å². The Hall–Kier alpha value is -2.09. The summed E-state index contributed by atoms with van der Waals surface area (Å²) in [6, 6.07) is 15.3. The molecule has 0 spiro atoms. The molecule has 1 heterocycles. The molecule has 0 radical (unpaired) electrons. The van der Waals surface area contributed by atoms with Gasteiger partial charge < -0.3 is 9.64 Å². The Labute approximate surface area is 170 Å². The molecule has 1 fully saturated rings. The monoisotopic (exact) mass is 422 g/mol. The standard InChI is InChI=1S/C20H23ClN2O4S/c1-2-19(27-17-8-6-7-16(21)15-17)20(24)22-11-13-23(14-12-22)28(25,26)18-9-4-3-5-10-18/h3-10,15,19H,2,11-14H2,1H3/t19-/m1/s1. The zero-order valence-electron chi connectivity index (χ0n) is 15.6. The number of sulfonamides is 1. The SMILES string of the molecule is CC[C@@H](Oc1cccc(Cl)c1)C(=O)N1CCN(S(=O)(=O)c2ccccc2)CC1. The largest absolute Gasteiger partial charge is 0.481 e. The summed E-state index contributed by atoms with van der Waals surface area (Å²) >= 11 is 5.97. The van der Waals surface area contributed by atoms with E-state index < -0.39 is 16.1 Å². The quantitative estimate of drug-likeness (QED) is 0.717. The normalized spacial score (nSPS) is 16.6. The highest BCUT2D eigenvalue weighted by Gasteiger charge is 2.32. The molecule has 2 aromatic carbocycles. The molecule has 0 unspecified atom stereocenters. The number of benzene rings is 2. The molecule has 0 N–H and O–H groups in total. The molecule has 0 saturated carbocycles. The summed E-state index contributed by atoms with van der Waals surface area (Å²) in [7, 11) is -3.54. The molecule has 1 saturated heterocycles. The van der Waals surface area contributed by atoms with Gasteiger partial charge in [-0.2, -0.15) is 4.31 Å². The highest BCUT2D eigenvalue weighted by Crippen LogP contribution is 2.21. The molecule has 1 amide bonds. The van der Waals surface area contributed by atoms with Crippen molar-refractivity contribution in [3.8, 4) is 5.75 Å². The van der Waals surface area contributed by atoms with Crippen LogP contribution < -0.4 is 4.74 Å². The number of halogens is 1. The van der Waals surface area contributed by atoms with Crippen LogP contribution in [0.1, 0.15) is 13.3 Å². The molecular formula is C20H23ClN2O4S. The highest BCUT2D eigenvalue weighted by molar-refractivity contribution is 7.89. The number of nitrogens with zero attached hydrogens (tertiary/aromatic N) is 2. The minimum Gasteiger partial charge on any atom is -0.481 e. The first-order valence-corrected chi connectivity index (χ1v) is 11.0. The third-order valence-corrected chi connectivity index (χ3v) is 6.80. The lowest BCUT2D eigenvalue weighted by Gasteiger charge is -2.35. The summed E-state index contributed by atoms with van der Waals surface area (Å²) in [5.41, 5.74) is 0. The third-order valence-electron chi connectivity index (χ3n) is 4.65. The zero-order valence-corrected chi connectivity index (χ0v) is 17.2. The summed E-state index contributed by atoms with van der Waals surface area (Å²) < 4.78 is 32.7. The number of hydrogen-bond acceptors (Lipinski definition) is 4. The summed E-state index contributed by atoms with van der Waals surface area (Å²) in [5, 5.41) is 0.541. The van der Waals surface area contributed by atoms with Crippen LogP contribution in [0.25, 0.3) is 0 Å². The predicted octanol–water partition coefficient (Wildman–Crippen LogP) is 3.03. The molecule has 0 aromatic heterocycles. The van der Waals surface area contributed by atoms with E-state index in [1.54, 1.807) is 59.5 Å². The second-order valence-electron chi connectivity index (χ2n) is 6.51. The van der Waals surface area contributed by atoms with Crippen molar-refractivity contribution in [3.63, 3.8) is 0 Å². The van der Waals surface area contributed by atoms with Gasteiger partial charge in [-0.1, -0.05) is 42.8 Å². The number of ether oxygens (including phenoxy) is 1.